The SMILES string of the molecule is CC1(S)C=CC=c2ccsc2=C1. The molecule has 2 heteroatoms. The number of thiol groups is 1. The van der Waals surface area contributed by atoms with Crippen LogP contribution < -0.4 is 9.75 Å². The third-order valence-electron chi connectivity index (χ3n) is 1.86. The van der Waals surface area contributed by atoms with Crippen LogP contribution in [0, 0.1) is 0 Å². The number of allylic oxidation sites excluding steroid dienone is 1. The molecule has 0 N–H and O–H groups in total. The van der Waals surface area contributed by atoms with Gasteiger partial charge in [-0.1, -0.05) is 18.2 Å². The maximum atomic E-state index is 4.53. The highest BCUT2D eigenvalue weighted by atomic mass is 32.1. The molecule has 1 atom stereocenters. The van der Waals surface area contributed by atoms with E-state index in [9.17, 15) is 0 Å². The van der Waals surface area contributed by atoms with Crippen LogP contribution in [0.25, 0.3) is 12.2 Å². The molecule has 0 amide bonds. The van der Waals surface area contributed by atoms with Crippen molar-refractivity contribution < 1.29 is 0 Å². The maximum Gasteiger partial charge on any atom is 0.0480 e. The van der Waals surface area contributed by atoms with Crippen molar-refractivity contribution in [1.29, 1.82) is 0 Å². The minimum atomic E-state index is -0.105. The second kappa shape index (κ2) is 2.79. The molecule has 0 aliphatic heterocycles. The van der Waals surface area contributed by atoms with Crippen LogP contribution >= 0.6 is 24.0 Å². The van der Waals surface area contributed by atoms with E-state index in [0.717, 1.165) is 0 Å². The molecule has 1 unspecified atom stereocenters. The summed E-state index contributed by atoms with van der Waals surface area (Å²) in [6.45, 7) is 2.09. The van der Waals surface area contributed by atoms with Crippen molar-refractivity contribution in [1.82, 2.24) is 0 Å². The van der Waals surface area contributed by atoms with E-state index in [2.05, 4.69) is 55.3 Å². The molecule has 62 valence electrons. The van der Waals surface area contributed by atoms with Crippen LogP contribution in [0.5, 0.6) is 0 Å². The predicted octanol–water partition coefficient (Wildman–Crippen LogP) is 1.57. The van der Waals surface area contributed by atoms with Gasteiger partial charge in [0.2, 0.25) is 0 Å². The molecule has 1 heterocycles. The molecule has 0 bridgehead atoms. The van der Waals surface area contributed by atoms with Crippen LogP contribution in [0.1, 0.15) is 6.92 Å². The number of hydrogen-bond acceptors (Lipinski definition) is 2. The molecule has 0 radical (unpaired) electrons. The summed E-state index contributed by atoms with van der Waals surface area (Å²) in [6.07, 6.45) is 8.49. The van der Waals surface area contributed by atoms with Crippen molar-refractivity contribution in [2.75, 3.05) is 0 Å². The summed E-state index contributed by atoms with van der Waals surface area (Å²) < 4.78 is 1.21. The van der Waals surface area contributed by atoms with E-state index in [4.69, 9.17) is 0 Å². The topological polar surface area (TPSA) is 0 Å². The van der Waals surface area contributed by atoms with Gasteiger partial charge in [-0.25, -0.2) is 0 Å². The lowest BCUT2D eigenvalue weighted by molar-refractivity contribution is 1.08. The van der Waals surface area contributed by atoms with Gasteiger partial charge in [0, 0.05) is 9.28 Å². The second-order valence-corrected chi connectivity index (χ2v) is 5.05. The molecule has 1 aliphatic carbocycles. The normalized spacial score (nSPS) is 26.8. The van der Waals surface area contributed by atoms with E-state index >= 15 is 0 Å². The monoisotopic (exact) mass is 194 g/mol. The molecule has 0 fully saturated rings. The van der Waals surface area contributed by atoms with Crippen LogP contribution in [0.15, 0.2) is 23.6 Å². The van der Waals surface area contributed by atoms with Gasteiger partial charge in [0.15, 0.2) is 0 Å². The van der Waals surface area contributed by atoms with Gasteiger partial charge >= 0.3 is 0 Å². The predicted molar refractivity (Wildman–Crippen MR) is 59.0 cm³/mol. The zero-order chi connectivity index (χ0) is 8.60. The molecule has 1 aromatic heterocycles. The van der Waals surface area contributed by atoms with Gasteiger partial charge in [0.05, 0.1) is 0 Å². The third kappa shape index (κ3) is 1.50. The average Bonchev–Trinajstić information content (AvgIpc) is 2.31. The van der Waals surface area contributed by atoms with Gasteiger partial charge in [0.25, 0.3) is 0 Å². The third-order valence-corrected chi connectivity index (χ3v) is 3.02. The van der Waals surface area contributed by atoms with Gasteiger partial charge in [-0.15, -0.1) is 11.3 Å². The quantitative estimate of drug-likeness (QED) is 0.595. The van der Waals surface area contributed by atoms with E-state index < -0.39 is 0 Å². The molecule has 0 aromatic carbocycles. The smallest absolute Gasteiger partial charge is 0.0480 e. The maximum absolute atomic E-state index is 4.53. The largest absolute Gasteiger partial charge is 0.164 e. The second-order valence-electron chi connectivity index (χ2n) is 3.14. The van der Waals surface area contributed by atoms with Crippen LogP contribution in [-0.4, -0.2) is 4.75 Å². The summed E-state index contributed by atoms with van der Waals surface area (Å²) in [5, 5.41) is 3.41. The first kappa shape index (κ1) is 8.14. The zero-order valence-electron chi connectivity index (χ0n) is 6.82. The van der Waals surface area contributed by atoms with E-state index in [1.807, 2.05) is 0 Å². The molecule has 1 aliphatic rings. The van der Waals surface area contributed by atoms with Crippen LogP contribution in [0.4, 0.5) is 0 Å². The Bertz CT molecular complexity index is 421. The first-order valence-corrected chi connectivity index (χ1v) is 5.18. The highest BCUT2D eigenvalue weighted by molar-refractivity contribution is 7.82. The van der Waals surface area contributed by atoms with Crippen molar-refractivity contribution in [3.8, 4) is 0 Å². The van der Waals surface area contributed by atoms with E-state index in [-0.39, 0.29) is 4.75 Å². The molecule has 2 rings (SSSR count). The molecule has 12 heavy (non-hydrogen) atoms. The van der Waals surface area contributed by atoms with Crippen molar-refractivity contribution in [2.24, 2.45) is 0 Å². The molecule has 0 saturated heterocycles. The lowest BCUT2D eigenvalue weighted by Gasteiger charge is -2.10. The Labute approximate surface area is 81.3 Å². The Balaban J connectivity index is 2.75. The number of rotatable bonds is 0. The Hall–Kier alpha value is -0.470. The minimum Gasteiger partial charge on any atom is -0.164 e. The number of hydrogen-bond donors (Lipinski definition) is 1. The molecule has 1 aromatic rings. The summed E-state index contributed by atoms with van der Waals surface area (Å²) in [6, 6.07) is 2.13. The summed E-state index contributed by atoms with van der Waals surface area (Å²) in [4.78, 5) is 0. The fraction of sp³-hybridized carbons (Fsp3) is 0.200. The Morgan fingerprint density at radius 3 is 3.17 bits per heavy atom. The lowest BCUT2D eigenvalue weighted by atomic mass is 10.1. The summed E-state index contributed by atoms with van der Waals surface area (Å²) >= 11 is 6.30. The highest BCUT2D eigenvalue weighted by Crippen LogP contribution is 2.17. The zero-order valence-corrected chi connectivity index (χ0v) is 8.53. The standard InChI is InChI=1S/C10H10S2/c1-10(11)5-2-3-8-4-6-12-9(8)7-10/h2-7,11H,1H3. The van der Waals surface area contributed by atoms with Gasteiger partial charge in [-0.3, -0.25) is 0 Å². The molecule has 0 spiro atoms. The van der Waals surface area contributed by atoms with Gasteiger partial charge in [-0.2, -0.15) is 12.6 Å². The summed E-state index contributed by atoms with van der Waals surface area (Å²) in [5.41, 5.74) is 0. The van der Waals surface area contributed by atoms with Crippen LogP contribution in [0.2, 0.25) is 0 Å². The van der Waals surface area contributed by atoms with E-state index in [1.54, 1.807) is 11.3 Å². The van der Waals surface area contributed by atoms with Gasteiger partial charge in [-0.05, 0) is 29.7 Å². The van der Waals surface area contributed by atoms with Gasteiger partial charge in [0.1, 0.15) is 0 Å². The fourth-order valence-corrected chi connectivity index (χ4v) is 2.49. The van der Waals surface area contributed by atoms with Crippen molar-refractivity contribution >= 4 is 36.1 Å². The lowest BCUT2D eigenvalue weighted by Crippen LogP contribution is -2.20. The Morgan fingerprint density at radius 1 is 1.50 bits per heavy atom. The number of fused-ring (bicyclic) bond motifs is 1. The van der Waals surface area contributed by atoms with Crippen LogP contribution in [-0.2, 0) is 0 Å². The average molecular weight is 194 g/mol. The first-order valence-electron chi connectivity index (χ1n) is 3.86. The number of thiophene rings is 1. The molecule has 0 nitrogen and oxygen atoms in total. The van der Waals surface area contributed by atoms with E-state index in [1.165, 1.54) is 9.75 Å². The van der Waals surface area contributed by atoms with Crippen molar-refractivity contribution in [3.05, 3.63) is 33.3 Å². The van der Waals surface area contributed by atoms with Crippen molar-refractivity contribution in [3.63, 3.8) is 0 Å². The Kier molecular flexibility index (Phi) is 1.89. The van der Waals surface area contributed by atoms with Crippen molar-refractivity contribution in [2.45, 2.75) is 11.7 Å². The Morgan fingerprint density at radius 2 is 2.33 bits per heavy atom. The van der Waals surface area contributed by atoms with Gasteiger partial charge < -0.3 is 0 Å². The molecule has 0 saturated carbocycles. The minimum absolute atomic E-state index is 0.105. The highest BCUT2D eigenvalue weighted by Gasteiger charge is 2.11. The summed E-state index contributed by atoms with van der Waals surface area (Å²) in [7, 11) is 0. The molecular formula is C10H10S2. The van der Waals surface area contributed by atoms with Crippen LogP contribution in [0.3, 0.4) is 0 Å². The summed E-state index contributed by atoms with van der Waals surface area (Å²) in [5.74, 6) is 0. The first-order chi connectivity index (χ1) is 5.67. The van der Waals surface area contributed by atoms with E-state index in [0.29, 0.717) is 0 Å². The fourth-order valence-electron chi connectivity index (χ4n) is 1.25. The molecular weight excluding hydrogens is 184 g/mol.